The van der Waals surface area contributed by atoms with Crippen molar-refractivity contribution < 1.29 is 4.79 Å². The van der Waals surface area contributed by atoms with Crippen LogP contribution in [0.3, 0.4) is 0 Å². The molecule has 122 valence electrons. The zero-order chi connectivity index (χ0) is 16.8. The number of hydrogen-bond donors (Lipinski definition) is 1. The highest BCUT2D eigenvalue weighted by Crippen LogP contribution is 2.06. The lowest BCUT2D eigenvalue weighted by Crippen LogP contribution is -2.25. The standard InChI is InChI=1S/C18H19N5O/c1-2-15(12-14-8-4-3-5-9-14)19-20-18(24)13-23-21-16-10-6-7-11-17(16)22-23/h3-11H,2,12-13H2,1H3,(H,20,24)/b19-15+. The number of rotatable bonds is 6. The third kappa shape index (κ3) is 4.04. The Morgan fingerprint density at radius 3 is 2.29 bits per heavy atom. The van der Waals surface area contributed by atoms with Crippen molar-refractivity contribution in [1.29, 1.82) is 0 Å². The van der Waals surface area contributed by atoms with Gasteiger partial charge in [-0.3, -0.25) is 4.79 Å². The number of carbonyl (C=O) groups excluding carboxylic acids is 1. The molecule has 0 aliphatic rings. The zero-order valence-corrected chi connectivity index (χ0v) is 13.5. The quantitative estimate of drug-likeness (QED) is 0.560. The molecule has 0 bridgehead atoms. The largest absolute Gasteiger partial charge is 0.271 e. The summed E-state index contributed by atoms with van der Waals surface area (Å²) in [4.78, 5) is 13.4. The van der Waals surface area contributed by atoms with Gasteiger partial charge in [-0.15, -0.1) is 0 Å². The van der Waals surface area contributed by atoms with Crippen molar-refractivity contribution in [3.05, 3.63) is 60.2 Å². The molecule has 6 nitrogen and oxygen atoms in total. The van der Waals surface area contributed by atoms with Crippen molar-refractivity contribution in [3.8, 4) is 0 Å². The van der Waals surface area contributed by atoms with Crippen LogP contribution in [0.25, 0.3) is 11.0 Å². The summed E-state index contributed by atoms with van der Waals surface area (Å²) in [5.74, 6) is -0.241. The summed E-state index contributed by atoms with van der Waals surface area (Å²) in [5, 5.41) is 12.8. The third-order valence-electron chi connectivity index (χ3n) is 3.61. The average molecular weight is 321 g/mol. The van der Waals surface area contributed by atoms with E-state index in [1.54, 1.807) is 0 Å². The molecule has 3 aromatic rings. The molecule has 0 unspecified atom stereocenters. The number of nitrogens with one attached hydrogen (secondary N) is 1. The topological polar surface area (TPSA) is 72.2 Å². The summed E-state index contributed by atoms with van der Waals surface area (Å²) >= 11 is 0. The maximum atomic E-state index is 12.0. The molecule has 0 radical (unpaired) electrons. The first-order valence-electron chi connectivity index (χ1n) is 7.92. The molecule has 0 saturated carbocycles. The lowest BCUT2D eigenvalue weighted by Gasteiger charge is -2.05. The zero-order valence-electron chi connectivity index (χ0n) is 13.5. The Kier molecular flexibility index (Phi) is 4.96. The van der Waals surface area contributed by atoms with Crippen molar-refractivity contribution >= 4 is 22.7 Å². The van der Waals surface area contributed by atoms with E-state index in [0.717, 1.165) is 29.6 Å². The maximum Gasteiger partial charge on any atom is 0.263 e. The Bertz CT molecular complexity index is 821. The molecule has 0 saturated heterocycles. The molecule has 1 N–H and O–H groups in total. The van der Waals surface area contributed by atoms with Gasteiger partial charge in [0.05, 0.1) is 0 Å². The molecule has 24 heavy (non-hydrogen) atoms. The van der Waals surface area contributed by atoms with E-state index < -0.39 is 0 Å². The summed E-state index contributed by atoms with van der Waals surface area (Å²) in [6, 6.07) is 17.6. The van der Waals surface area contributed by atoms with Gasteiger partial charge in [-0.2, -0.15) is 20.1 Å². The lowest BCUT2D eigenvalue weighted by atomic mass is 10.1. The van der Waals surface area contributed by atoms with Crippen LogP contribution in [0.15, 0.2) is 59.7 Å². The number of carbonyl (C=O) groups is 1. The van der Waals surface area contributed by atoms with Crippen LogP contribution in [0.2, 0.25) is 0 Å². The van der Waals surface area contributed by atoms with Gasteiger partial charge in [0, 0.05) is 12.1 Å². The van der Waals surface area contributed by atoms with Crippen molar-refractivity contribution in [1.82, 2.24) is 20.4 Å². The Hall–Kier alpha value is -3.02. The molecule has 0 spiro atoms. The Morgan fingerprint density at radius 2 is 1.67 bits per heavy atom. The van der Waals surface area contributed by atoms with Crippen LogP contribution in [0.4, 0.5) is 0 Å². The fourth-order valence-electron chi connectivity index (χ4n) is 2.36. The smallest absolute Gasteiger partial charge is 0.263 e. The first kappa shape index (κ1) is 15.9. The summed E-state index contributed by atoms with van der Waals surface area (Å²) in [5.41, 5.74) is 6.23. The molecule has 6 heteroatoms. The van der Waals surface area contributed by atoms with E-state index in [1.807, 2.05) is 61.5 Å². The molecule has 1 aromatic heterocycles. The first-order valence-corrected chi connectivity index (χ1v) is 7.92. The molecule has 0 atom stereocenters. The van der Waals surface area contributed by atoms with Crippen molar-refractivity contribution in [2.45, 2.75) is 26.3 Å². The average Bonchev–Trinajstić information content (AvgIpc) is 3.01. The number of hydrazone groups is 1. The maximum absolute atomic E-state index is 12.0. The summed E-state index contributed by atoms with van der Waals surface area (Å²) in [6.45, 7) is 2.07. The molecule has 0 aliphatic carbocycles. The Balaban J connectivity index is 1.60. The number of amides is 1. The Morgan fingerprint density at radius 1 is 1.04 bits per heavy atom. The second kappa shape index (κ2) is 7.50. The number of aromatic nitrogens is 3. The second-order valence-corrected chi connectivity index (χ2v) is 5.45. The lowest BCUT2D eigenvalue weighted by molar-refractivity contribution is -0.122. The highest BCUT2D eigenvalue weighted by atomic mass is 16.2. The van der Waals surface area contributed by atoms with Crippen molar-refractivity contribution in [2.24, 2.45) is 5.10 Å². The predicted octanol–water partition coefficient (Wildman–Crippen LogP) is 2.56. The third-order valence-corrected chi connectivity index (χ3v) is 3.61. The van der Waals surface area contributed by atoms with Crippen LogP contribution < -0.4 is 5.43 Å². The van der Waals surface area contributed by atoms with Gasteiger partial charge in [-0.1, -0.05) is 49.4 Å². The minimum Gasteiger partial charge on any atom is -0.271 e. The molecule has 1 heterocycles. The molecule has 0 aliphatic heterocycles. The highest BCUT2D eigenvalue weighted by Gasteiger charge is 2.07. The van der Waals surface area contributed by atoms with E-state index in [2.05, 4.69) is 20.7 Å². The van der Waals surface area contributed by atoms with E-state index >= 15 is 0 Å². The van der Waals surface area contributed by atoms with Crippen LogP contribution in [-0.4, -0.2) is 26.6 Å². The Labute approximate surface area is 140 Å². The van der Waals surface area contributed by atoms with Gasteiger partial charge in [0.2, 0.25) is 0 Å². The van der Waals surface area contributed by atoms with Gasteiger partial charge in [0.15, 0.2) is 0 Å². The van der Waals surface area contributed by atoms with E-state index in [1.165, 1.54) is 10.4 Å². The van der Waals surface area contributed by atoms with Crippen LogP contribution in [0.1, 0.15) is 18.9 Å². The molecular formula is C18H19N5O. The van der Waals surface area contributed by atoms with E-state index in [9.17, 15) is 4.79 Å². The molecular weight excluding hydrogens is 302 g/mol. The second-order valence-electron chi connectivity index (χ2n) is 5.45. The van der Waals surface area contributed by atoms with Gasteiger partial charge in [0.25, 0.3) is 5.91 Å². The van der Waals surface area contributed by atoms with Gasteiger partial charge >= 0.3 is 0 Å². The first-order chi connectivity index (χ1) is 11.7. The molecule has 3 rings (SSSR count). The monoisotopic (exact) mass is 321 g/mol. The number of fused-ring (bicyclic) bond motifs is 1. The van der Waals surface area contributed by atoms with Crippen LogP contribution in [0.5, 0.6) is 0 Å². The van der Waals surface area contributed by atoms with Gasteiger partial charge in [-0.05, 0) is 24.1 Å². The highest BCUT2D eigenvalue weighted by molar-refractivity contribution is 5.87. The summed E-state index contributed by atoms with van der Waals surface area (Å²) < 4.78 is 0. The number of hydrogen-bond acceptors (Lipinski definition) is 4. The normalized spacial score (nSPS) is 11.6. The minimum atomic E-state index is -0.241. The summed E-state index contributed by atoms with van der Waals surface area (Å²) in [7, 11) is 0. The summed E-state index contributed by atoms with van der Waals surface area (Å²) in [6.07, 6.45) is 1.50. The fourth-order valence-corrected chi connectivity index (χ4v) is 2.36. The number of benzene rings is 2. The van der Waals surface area contributed by atoms with Gasteiger partial charge in [-0.25, -0.2) is 5.43 Å². The predicted molar refractivity (Wildman–Crippen MR) is 93.5 cm³/mol. The van der Waals surface area contributed by atoms with Gasteiger partial charge < -0.3 is 0 Å². The molecule has 1 amide bonds. The van der Waals surface area contributed by atoms with Gasteiger partial charge in [0.1, 0.15) is 17.6 Å². The molecule has 0 fully saturated rings. The molecule has 2 aromatic carbocycles. The van der Waals surface area contributed by atoms with Crippen molar-refractivity contribution in [3.63, 3.8) is 0 Å². The van der Waals surface area contributed by atoms with Crippen molar-refractivity contribution in [2.75, 3.05) is 0 Å². The SMILES string of the molecule is CC/C(Cc1ccccc1)=N\NC(=O)Cn1nc2ccccc2n1. The van der Waals surface area contributed by atoms with E-state index in [0.29, 0.717) is 0 Å². The number of nitrogens with zero attached hydrogens (tertiary/aromatic N) is 4. The van der Waals surface area contributed by atoms with E-state index in [-0.39, 0.29) is 12.5 Å². The van der Waals surface area contributed by atoms with Crippen LogP contribution >= 0.6 is 0 Å². The fraction of sp³-hybridized carbons (Fsp3) is 0.222. The van der Waals surface area contributed by atoms with Crippen LogP contribution in [-0.2, 0) is 17.8 Å². The van der Waals surface area contributed by atoms with Crippen LogP contribution in [0, 0.1) is 0 Å². The van der Waals surface area contributed by atoms with E-state index in [4.69, 9.17) is 0 Å². The minimum absolute atomic E-state index is 0.0422.